The number of hydrogen-bond donors (Lipinski definition) is 0. The summed E-state index contributed by atoms with van der Waals surface area (Å²) in [4.78, 5) is 0. The molecule has 0 amide bonds. The third kappa shape index (κ3) is 246. The first-order valence-electron chi connectivity index (χ1n) is 5.18. The Morgan fingerprint density at radius 2 is 0.833 bits per heavy atom. The summed E-state index contributed by atoms with van der Waals surface area (Å²) in [5, 5.41) is 0. The van der Waals surface area contributed by atoms with Crippen LogP contribution in [0.15, 0.2) is 12.2 Å². The molecule has 0 aromatic rings. The Balaban J connectivity index is -0.000000101. The lowest BCUT2D eigenvalue weighted by Crippen LogP contribution is -1.47. The van der Waals surface area contributed by atoms with Crippen LogP contribution in [0.3, 0.4) is 0 Å². The minimum Gasteiger partial charge on any atom is -0.100 e. The fourth-order valence-corrected chi connectivity index (χ4v) is 0. The van der Waals surface area contributed by atoms with Gasteiger partial charge in [0.2, 0.25) is 0 Å². The molecule has 0 aromatic heterocycles. The highest BCUT2D eigenvalue weighted by atomic mass is 13.6. The summed E-state index contributed by atoms with van der Waals surface area (Å²) in [6.07, 6.45) is 5.28. The predicted molar refractivity (Wildman–Crippen MR) is 61.7 cm³/mol. The third-order valence-electron chi connectivity index (χ3n) is 1.000. The normalized spacial score (nSPS) is 7.17. The Morgan fingerprint density at radius 3 is 0.833 bits per heavy atom. The molecule has 0 aliphatic heterocycles. The number of rotatable bonds is 2. The first-order valence-corrected chi connectivity index (χ1v) is 5.18. The van der Waals surface area contributed by atoms with Gasteiger partial charge in [0.25, 0.3) is 0 Å². The van der Waals surface area contributed by atoms with E-state index in [-0.39, 0.29) is 0 Å². The quantitative estimate of drug-likeness (QED) is 0.502. The molecule has 0 saturated heterocycles. The Hall–Kier alpha value is -0.260. The van der Waals surface area contributed by atoms with Gasteiger partial charge in [0.15, 0.2) is 0 Å². The van der Waals surface area contributed by atoms with Crippen molar-refractivity contribution in [1.82, 2.24) is 0 Å². The summed E-state index contributed by atoms with van der Waals surface area (Å²) in [6.45, 7) is 16.2. The zero-order chi connectivity index (χ0) is 10.4. The summed E-state index contributed by atoms with van der Waals surface area (Å²) < 4.78 is 0. The van der Waals surface area contributed by atoms with E-state index in [0.29, 0.717) is 0 Å². The molecule has 0 atom stereocenters. The molecular weight excluding hydrogens is 144 g/mol. The van der Waals surface area contributed by atoms with E-state index in [1.165, 1.54) is 31.3 Å². The van der Waals surface area contributed by atoms with Crippen LogP contribution in [0, 0.1) is 0 Å². The van der Waals surface area contributed by atoms with Crippen molar-refractivity contribution in [2.45, 2.75) is 67.2 Å². The molecule has 0 fully saturated rings. The highest BCUT2D eigenvalue weighted by Crippen LogP contribution is 1.77. The Bertz CT molecular complexity index is 50.4. The molecule has 0 spiro atoms. The van der Waals surface area contributed by atoms with Crippen LogP contribution >= 0.6 is 0 Å². The molecule has 0 aliphatic carbocycles. The molecule has 0 N–H and O–H groups in total. The molecule has 0 heterocycles. The molecule has 0 saturated carbocycles. The lowest BCUT2D eigenvalue weighted by Gasteiger charge is -1.68. The molecule has 76 valence electrons. The Labute approximate surface area is 80.1 Å². The zero-order valence-electron chi connectivity index (χ0n) is 10.0. The average molecular weight is 172 g/mol. The van der Waals surface area contributed by atoms with Crippen molar-refractivity contribution in [3.8, 4) is 0 Å². The van der Waals surface area contributed by atoms with Crippen LogP contribution in [0.2, 0.25) is 0 Å². The second-order valence-electron chi connectivity index (χ2n) is 3.21. The van der Waals surface area contributed by atoms with Gasteiger partial charge in [-0.05, 0) is 13.8 Å². The smallest absolute Gasteiger partial charge is 0.0445 e. The summed E-state index contributed by atoms with van der Waals surface area (Å²) in [6, 6.07) is 0. The lowest BCUT2D eigenvalue weighted by molar-refractivity contribution is 0.886. The van der Waals surface area contributed by atoms with E-state index in [9.17, 15) is 0 Å². The highest BCUT2D eigenvalue weighted by molar-refractivity contribution is 4.78. The van der Waals surface area contributed by atoms with Crippen molar-refractivity contribution in [2.24, 2.45) is 0 Å². The van der Waals surface area contributed by atoms with Crippen LogP contribution in [0.25, 0.3) is 0 Å². The van der Waals surface area contributed by atoms with Crippen LogP contribution in [-0.4, -0.2) is 0 Å². The van der Waals surface area contributed by atoms with E-state index < -0.39 is 0 Å². The van der Waals surface area contributed by atoms with Crippen LogP contribution < -0.4 is 0 Å². The second-order valence-corrected chi connectivity index (χ2v) is 3.21. The Kier molecular flexibility index (Phi) is 33.1. The highest BCUT2D eigenvalue weighted by Gasteiger charge is 1.56. The average Bonchev–Trinajstić information content (AvgIpc) is 2.03. The summed E-state index contributed by atoms with van der Waals surface area (Å²) >= 11 is 0. The lowest BCUT2D eigenvalue weighted by atomic mass is 10.4. The molecular formula is C12H28. The first-order chi connectivity index (χ1) is 5.56. The van der Waals surface area contributed by atoms with Crippen molar-refractivity contribution in [3.63, 3.8) is 0 Å². The van der Waals surface area contributed by atoms with Crippen LogP contribution in [-0.2, 0) is 0 Å². The maximum Gasteiger partial charge on any atom is -0.0445 e. The summed E-state index contributed by atoms with van der Waals surface area (Å²) in [7, 11) is 0. The molecule has 0 heteroatoms. The van der Waals surface area contributed by atoms with Crippen LogP contribution in [0.1, 0.15) is 67.2 Å². The van der Waals surface area contributed by atoms with Gasteiger partial charge in [-0.2, -0.15) is 0 Å². The fraction of sp³-hybridized carbons (Fsp3) is 0.833. The van der Waals surface area contributed by atoms with E-state index in [0.717, 1.165) is 0 Å². The largest absolute Gasteiger partial charge is 0.100 e. The maximum atomic E-state index is 3.56. The van der Waals surface area contributed by atoms with Gasteiger partial charge in [0.05, 0.1) is 0 Å². The molecule has 0 rings (SSSR count). The number of hydrogen-bond acceptors (Lipinski definition) is 0. The molecule has 12 heavy (non-hydrogen) atoms. The molecule has 0 aliphatic rings. The van der Waals surface area contributed by atoms with Gasteiger partial charge in [-0.1, -0.05) is 59.0 Å². The molecule has 0 radical (unpaired) electrons. The first kappa shape index (κ1) is 17.7. The van der Waals surface area contributed by atoms with E-state index >= 15 is 0 Å². The van der Waals surface area contributed by atoms with Gasteiger partial charge >= 0.3 is 0 Å². The van der Waals surface area contributed by atoms with Gasteiger partial charge in [-0.15, -0.1) is 6.58 Å². The minimum atomic E-state index is 1.17. The van der Waals surface area contributed by atoms with Crippen molar-refractivity contribution in [2.75, 3.05) is 0 Å². The van der Waals surface area contributed by atoms with Gasteiger partial charge in [-0.3, -0.25) is 0 Å². The van der Waals surface area contributed by atoms with E-state index in [2.05, 4.69) is 34.3 Å². The topological polar surface area (TPSA) is 0 Å². The third-order valence-corrected chi connectivity index (χ3v) is 1.000. The van der Waals surface area contributed by atoms with Gasteiger partial charge in [0, 0.05) is 0 Å². The summed E-state index contributed by atoms with van der Waals surface area (Å²) in [5.41, 5.74) is 1.17. The van der Waals surface area contributed by atoms with E-state index in [4.69, 9.17) is 0 Å². The van der Waals surface area contributed by atoms with Crippen LogP contribution in [0.4, 0.5) is 0 Å². The molecule has 0 nitrogen and oxygen atoms in total. The number of allylic oxidation sites excluding steroid dienone is 1. The SMILES string of the molecule is C=C(C)C.CCCC.CCCC. The Morgan fingerprint density at radius 1 is 0.750 bits per heavy atom. The van der Waals surface area contributed by atoms with E-state index in [1.807, 2.05) is 13.8 Å². The molecule has 0 bridgehead atoms. The van der Waals surface area contributed by atoms with Crippen molar-refractivity contribution < 1.29 is 0 Å². The minimum absolute atomic E-state index is 1.17. The van der Waals surface area contributed by atoms with Crippen molar-refractivity contribution >= 4 is 0 Å². The second kappa shape index (κ2) is 22.4. The number of unbranched alkanes of at least 4 members (excludes halogenated alkanes) is 2. The van der Waals surface area contributed by atoms with Gasteiger partial charge in [-0.25, -0.2) is 0 Å². The van der Waals surface area contributed by atoms with Crippen molar-refractivity contribution in [1.29, 1.82) is 0 Å². The summed E-state index contributed by atoms with van der Waals surface area (Å²) in [5.74, 6) is 0. The fourth-order valence-electron chi connectivity index (χ4n) is 0. The monoisotopic (exact) mass is 172 g/mol. The van der Waals surface area contributed by atoms with Gasteiger partial charge in [0.1, 0.15) is 0 Å². The van der Waals surface area contributed by atoms with Crippen molar-refractivity contribution in [3.05, 3.63) is 12.2 Å². The molecule has 0 unspecified atom stereocenters. The van der Waals surface area contributed by atoms with Crippen LogP contribution in [0.5, 0.6) is 0 Å². The predicted octanol–water partition coefficient (Wildman–Crippen LogP) is 5.20. The molecule has 0 aromatic carbocycles. The standard InChI is InChI=1S/C4H8.2C4H10/c1-4(2)3;2*1-3-4-2/h1H2,2-3H3;2*3-4H2,1-2H3. The zero-order valence-corrected chi connectivity index (χ0v) is 10.0. The maximum absolute atomic E-state index is 3.56. The van der Waals surface area contributed by atoms with Gasteiger partial charge < -0.3 is 0 Å². The van der Waals surface area contributed by atoms with E-state index in [1.54, 1.807) is 0 Å².